The number of anilines is 1. The van der Waals surface area contributed by atoms with Gasteiger partial charge in [0.05, 0.1) is 13.0 Å². The summed E-state index contributed by atoms with van der Waals surface area (Å²) in [5.74, 6) is -1.28. The van der Waals surface area contributed by atoms with Crippen molar-refractivity contribution < 1.29 is 22.8 Å². The smallest absolute Gasteiger partial charge is 0.398 e. The number of hydrogen-bond donors (Lipinski definition) is 2. The maximum Gasteiger partial charge on any atom is 0.405 e. The number of halogens is 3. The second-order valence-corrected chi connectivity index (χ2v) is 4.52. The summed E-state index contributed by atoms with van der Waals surface area (Å²) in [6.45, 7) is -1.86. The lowest BCUT2D eigenvalue weighted by Gasteiger charge is -2.17. The molecule has 0 fully saturated rings. The van der Waals surface area contributed by atoms with Gasteiger partial charge in [0.15, 0.2) is 0 Å². The second-order valence-electron chi connectivity index (χ2n) is 4.52. The van der Waals surface area contributed by atoms with Crippen LogP contribution in [0.4, 0.5) is 18.9 Å². The number of nitrogens with one attached hydrogen (secondary N) is 1. The molecule has 1 aromatic rings. The highest BCUT2D eigenvalue weighted by Gasteiger charge is 2.28. The molecule has 0 aliphatic heterocycles. The Morgan fingerprint density at radius 3 is 2.48 bits per heavy atom. The number of amides is 2. The number of hydrogen-bond acceptors (Lipinski definition) is 3. The van der Waals surface area contributed by atoms with E-state index < -0.39 is 31.1 Å². The number of rotatable bonds is 5. The highest BCUT2D eigenvalue weighted by Crippen LogP contribution is 2.13. The maximum atomic E-state index is 11.9. The van der Waals surface area contributed by atoms with Crippen molar-refractivity contribution in [2.24, 2.45) is 0 Å². The summed E-state index contributed by atoms with van der Waals surface area (Å²) in [7, 11) is 1.34. The number of nitrogen functional groups attached to an aromatic ring is 1. The first-order chi connectivity index (χ1) is 9.69. The molecule has 0 saturated carbocycles. The largest absolute Gasteiger partial charge is 0.405 e. The molecule has 116 valence electrons. The number of likely N-dealkylation sites (N-methyl/N-ethyl adjacent to an activating group) is 1. The average molecular weight is 303 g/mol. The predicted molar refractivity (Wildman–Crippen MR) is 71.3 cm³/mol. The van der Waals surface area contributed by atoms with E-state index in [0.717, 1.165) is 4.90 Å². The van der Waals surface area contributed by atoms with Crippen molar-refractivity contribution >= 4 is 17.5 Å². The first kappa shape index (κ1) is 16.8. The molecule has 2 amide bonds. The van der Waals surface area contributed by atoms with Gasteiger partial charge in [-0.15, -0.1) is 0 Å². The molecule has 0 atom stereocenters. The molecule has 0 unspecified atom stereocenters. The van der Waals surface area contributed by atoms with Crippen molar-refractivity contribution in [3.8, 4) is 0 Å². The van der Waals surface area contributed by atoms with Gasteiger partial charge >= 0.3 is 6.18 Å². The molecule has 0 heterocycles. The Kier molecular flexibility index (Phi) is 5.57. The van der Waals surface area contributed by atoms with Crippen LogP contribution in [0.3, 0.4) is 0 Å². The van der Waals surface area contributed by atoms with Crippen LogP contribution in [-0.2, 0) is 16.0 Å². The summed E-state index contributed by atoms with van der Waals surface area (Å²) in [5.41, 5.74) is 6.74. The van der Waals surface area contributed by atoms with E-state index >= 15 is 0 Å². The van der Waals surface area contributed by atoms with Crippen molar-refractivity contribution in [1.82, 2.24) is 10.2 Å². The second kappa shape index (κ2) is 6.96. The molecule has 3 N–H and O–H groups in total. The average Bonchev–Trinajstić information content (AvgIpc) is 2.38. The van der Waals surface area contributed by atoms with Gasteiger partial charge in [0.25, 0.3) is 0 Å². The van der Waals surface area contributed by atoms with Crippen molar-refractivity contribution in [2.45, 2.75) is 12.6 Å². The zero-order valence-corrected chi connectivity index (χ0v) is 11.4. The number of nitrogens with two attached hydrogens (primary N) is 1. The van der Waals surface area contributed by atoms with Gasteiger partial charge < -0.3 is 16.0 Å². The lowest BCUT2D eigenvalue weighted by molar-refractivity contribution is -0.141. The fourth-order valence-electron chi connectivity index (χ4n) is 1.55. The summed E-state index contributed by atoms with van der Waals surface area (Å²) in [6.07, 6.45) is -4.49. The Morgan fingerprint density at radius 2 is 1.90 bits per heavy atom. The van der Waals surface area contributed by atoms with Crippen LogP contribution >= 0.6 is 0 Å². The van der Waals surface area contributed by atoms with Crippen LogP contribution in [0.15, 0.2) is 24.3 Å². The number of carbonyl (C=O) groups is 2. The molecule has 0 aromatic heterocycles. The molecular weight excluding hydrogens is 287 g/mol. The number of para-hydroxylation sites is 1. The molecule has 0 aliphatic rings. The summed E-state index contributed by atoms with van der Waals surface area (Å²) >= 11 is 0. The Labute approximate surface area is 119 Å². The Morgan fingerprint density at radius 1 is 1.29 bits per heavy atom. The number of benzene rings is 1. The van der Waals surface area contributed by atoms with Crippen molar-refractivity contribution in [3.63, 3.8) is 0 Å². The van der Waals surface area contributed by atoms with Gasteiger partial charge in [-0.05, 0) is 11.6 Å². The SMILES string of the molecule is CN(CC(=O)NCC(F)(F)F)C(=O)Cc1ccccc1N. The molecule has 0 radical (unpaired) electrons. The standard InChI is InChI=1S/C13H16F3N3O2/c1-19(7-11(20)18-8-13(14,15)16)12(21)6-9-4-2-3-5-10(9)17/h2-5H,6-8,17H2,1H3,(H,18,20). The zero-order valence-electron chi connectivity index (χ0n) is 11.4. The van der Waals surface area contributed by atoms with Gasteiger partial charge in [-0.2, -0.15) is 13.2 Å². The Bertz CT molecular complexity index is 518. The van der Waals surface area contributed by atoms with Crippen LogP contribution in [0.25, 0.3) is 0 Å². The topological polar surface area (TPSA) is 75.4 Å². The van der Waals surface area contributed by atoms with Crippen molar-refractivity contribution in [2.75, 3.05) is 25.9 Å². The van der Waals surface area contributed by atoms with Crippen LogP contribution in [0.1, 0.15) is 5.56 Å². The number of carbonyl (C=O) groups excluding carboxylic acids is 2. The molecule has 0 saturated heterocycles. The summed E-state index contributed by atoms with van der Waals surface area (Å²) < 4.78 is 35.8. The normalized spacial score (nSPS) is 11.0. The predicted octanol–water partition coefficient (Wildman–Crippen LogP) is 0.948. The van der Waals surface area contributed by atoms with Gasteiger partial charge in [0.1, 0.15) is 6.54 Å². The van der Waals surface area contributed by atoms with E-state index in [1.54, 1.807) is 29.6 Å². The maximum absolute atomic E-state index is 11.9. The fourth-order valence-corrected chi connectivity index (χ4v) is 1.55. The number of alkyl halides is 3. The fraction of sp³-hybridized carbons (Fsp3) is 0.385. The van der Waals surface area contributed by atoms with Gasteiger partial charge in [0.2, 0.25) is 11.8 Å². The molecule has 1 aromatic carbocycles. The zero-order chi connectivity index (χ0) is 16.0. The van der Waals surface area contributed by atoms with Crippen LogP contribution in [0, 0.1) is 0 Å². The third-order valence-corrected chi connectivity index (χ3v) is 2.69. The minimum atomic E-state index is -4.48. The molecular formula is C13H16F3N3O2. The molecule has 21 heavy (non-hydrogen) atoms. The van der Waals surface area contributed by atoms with Crippen LogP contribution in [-0.4, -0.2) is 43.0 Å². The highest BCUT2D eigenvalue weighted by molar-refractivity contribution is 5.86. The molecule has 8 heteroatoms. The number of nitrogens with zero attached hydrogens (tertiary/aromatic N) is 1. The van der Waals surface area contributed by atoms with Crippen LogP contribution < -0.4 is 11.1 Å². The minimum absolute atomic E-state index is 0.0181. The van der Waals surface area contributed by atoms with E-state index in [2.05, 4.69) is 0 Å². The molecule has 0 spiro atoms. The van der Waals surface area contributed by atoms with Crippen LogP contribution in [0.5, 0.6) is 0 Å². The van der Waals surface area contributed by atoms with Crippen molar-refractivity contribution in [3.05, 3.63) is 29.8 Å². The van der Waals surface area contributed by atoms with E-state index in [1.807, 2.05) is 0 Å². The molecule has 1 rings (SSSR count). The third kappa shape index (κ3) is 6.15. The first-order valence-electron chi connectivity index (χ1n) is 6.10. The highest BCUT2D eigenvalue weighted by atomic mass is 19.4. The van der Waals surface area contributed by atoms with Gasteiger partial charge in [-0.3, -0.25) is 9.59 Å². The van der Waals surface area contributed by atoms with Gasteiger partial charge in [-0.25, -0.2) is 0 Å². The van der Waals surface area contributed by atoms with E-state index in [0.29, 0.717) is 11.3 Å². The van der Waals surface area contributed by atoms with Gasteiger partial charge in [-0.1, -0.05) is 18.2 Å². The van der Waals surface area contributed by atoms with Crippen molar-refractivity contribution in [1.29, 1.82) is 0 Å². The van der Waals surface area contributed by atoms with E-state index in [9.17, 15) is 22.8 Å². The summed E-state index contributed by atoms with van der Waals surface area (Å²) in [6, 6.07) is 6.75. The monoisotopic (exact) mass is 303 g/mol. The quantitative estimate of drug-likeness (QED) is 0.795. The Balaban J connectivity index is 2.48. The molecule has 5 nitrogen and oxygen atoms in total. The van der Waals surface area contributed by atoms with Gasteiger partial charge in [0, 0.05) is 12.7 Å². The Hall–Kier alpha value is -2.25. The van der Waals surface area contributed by atoms with E-state index in [4.69, 9.17) is 5.73 Å². The third-order valence-electron chi connectivity index (χ3n) is 2.69. The van der Waals surface area contributed by atoms with Crippen LogP contribution in [0.2, 0.25) is 0 Å². The first-order valence-corrected chi connectivity index (χ1v) is 6.10. The van der Waals surface area contributed by atoms with E-state index in [1.165, 1.54) is 7.05 Å². The molecule has 0 bridgehead atoms. The lowest BCUT2D eigenvalue weighted by atomic mass is 10.1. The molecule has 0 aliphatic carbocycles. The summed E-state index contributed by atoms with van der Waals surface area (Å²) in [5, 5.41) is 1.70. The summed E-state index contributed by atoms with van der Waals surface area (Å²) in [4.78, 5) is 24.2. The minimum Gasteiger partial charge on any atom is -0.398 e. The van der Waals surface area contributed by atoms with E-state index in [-0.39, 0.29) is 6.42 Å². The lowest BCUT2D eigenvalue weighted by Crippen LogP contribution is -2.42.